The maximum Gasteiger partial charge on any atom is 0.161 e. The average Bonchev–Trinajstić information content (AvgIpc) is 3.41. The smallest absolute Gasteiger partial charge is 0.161 e. The molecule has 3 nitrogen and oxygen atoms in total. The minimum absolute atomic E-state index is 0.719. The van der Waals surface area contributed by atoms with Crippen LogP contribution in [-0.4, -0.2) is 9.97 Å². The normalized spacial score (nSPS) is 12.4. The Morgan fingerprint density at radius 2 is 1.37 bits per heavy atom. The molecule has 1 aliphatic rings. The second-order valence-electron chi connectivity index (χ2n) is 7.42. The van der Waals surface area contributed by atoms with E-state index in [2.05, 4.69) is 48.6 Å². The lowest BCUT2D eigenvalue weighted by molar-refractivity contribution is 0.603. The van der Waals surface area contributed by atoms with E-state index in [1.165, 1.54) is 5.56 Å². The highest BCUT2D eigenvalue weighted by Gasteiger charge is 2.20. The number of furan rings is 1. The van der Waals surface area contributed by atoms with E-state index in [9.17, 15) is 0 Å². The first kappa shape index (κ1) is 16.9. The Kier molecular flexibility index (Phi) is 3.85. The van der Waals surface area contributed by atoms with Gasteiger partial charge in [-0.25, -0.2) is 9.97 Å². The van der Waals surface area contributed by atoms with Crippen LogP contribution >= 0.6 is 0 Å². The van der Waals surface area contributed by atoms with E-state index < -0.39 is 0 Å². The number of nitrogens with zero attached hydrogens (tertiary/aromatic N) is 2. The number of rotatable bonds is 3. The molecular formula is C27H18N2O. The lowest BCUT2D eigenvalue weighted by Crippen LogP contribution is -1.96. The average molecular weight is 386 g/mol. The van der Waals surface area contributed by atoms with Crippen molar-refractivity contribution in [3.63, 3.8) is 0 Å². The van der Waals surface area contributed by atoms with E-state index in [1.807, 2.05) is 48.5 Å². The quantitative estimate of drug-likeness (QED) is 0.342. The van der Waals surface area contributed by atoms with Crippen molar-refractivity contribution < 1.29 is 4.42 Å². The highest BCUT2D eigenvalue weighted by Crippen LogP contribution is 2.38. The third-order valence-electron chi connectivity index (χ3n) is 5.54. The monoisotopic (exact) mass is 386 g/mol. The summed E-state index contributed by atoms with van der Waals surface area (Å²) in [7, 11) is 0. The molecule has 30 heavy (non-hydrogen) atoms. The summed E-state index contributed by atoms with van der Waals surface area (Å²) in [5.74, 6) is 1.66. The van der Waals surface area contributed by atoms with Crippen LogP contribution in [0.2, 0.25) is 0 Å². The van der Waals surface area contributed by atoms with Gasteiger partial charge in [-0.2, -0.15) is 0 Å². The molecule has 0 spiro atoms. The lowest BCUT2D eigenvalue weighted by Gasteiger charge is -2.10. The van der Waals surface area contributed by atoms with Gasteiger partial charge in [0.1, 0.15) is 11.3 Å². The summed E-state index contributed by atoms with van der Waals surface area (Å²) < 4.78 is 6.06. The highest BCUT2D eigenvalue weighted by atomic mass is 16.3. The molecule has 0 saturated carbocycles. The minimum atomic E-state index is 0.719. The predicted molar refractivity (Wildman–Crippen MR) is 121 cm³/mol. The standard InChI is InChI=1S/C27H18N2O/c1-3-9-18(10-4-1)22-17-23(19-11-5-2-6-12-19)29-27(28-22)21-14-8-16-25-26(21)20-13-7-15-24(20)30-25/h1-12,14-17H,13H2. The Bertz CT molecular complexity index is 1340. The van der Waals surface area contributed by atoms with Gasteiger partial charge < -0.3 is 4.42 Å². The van der Waals surface area contributed by atoms with Gasteiger partial charge in [-0.15, -0.1) is 0 Å². The second kappa shape index (κ2) is 6.82. The summed E-state index contributed by atoms with van der Waals surface area (Å²) in [6.45, 7) is 0. The Morgan fingerprint density at radius 3 is 2.03 bits per heavy atom. The predicted octanol–water partition coefficient (Wildman–Crippen LogP) is 6.79. The van der Waals surface area contributed by atoms with Gasteiger partial charge in [0.15, 0.2) is 5.82 Å². The van der Waals surface area contributed by atoms with Gasteiger partial charge in [-0.05, 0) is 24.6 Å². The zero-order chi connectivity index (χ0) is 19.9. The van der Waals surface area contributed by atoms with Crippen LogP contribution in [0.5, 0.6) is 0 Å². The molecule has 0 atom stereocenters. The van der Waals surface area contributed by atoms with Crippen LogP contribution in [0.15, 0.2) is 95.4 Å². The summed E-state index contributed by atoms with van der Waals surface area (Å²) in [6, 6.07) is 28.7. The number of benzene rings is 3. The Hall–Kier alpha value is -3.98. The van der Waals surface area contributed by atoms with Crippen LogP contribution in [-0.2, 0) is 6.42 Å². The summed E-state index contributed by atoms with van der Waals surface area (Å²) >= 11 is 0. The molecule has 2 heterocycles. The zero-order valence-corrected chi connectivity index (χ0v) is 16.2. The van der Waals surface area contributed by atoms with Gasteiger partial charge in [-0.1, -0.05) is 78.9 Å². The SMILES string of the molecule is C1=Cc2oc3cccc(-c4nc(-c5ccccc5)cc(-c5ccccc5)n4)c3c2C1. The second-order valence-corrected chi connectivity index (χ2v) is 7.42. The first-order chi connectivity index (χ1) is 14.9. The van der Waals surface area contributed by atoms with Crippen molar-refractivity contribution in [2.75, 3.05) is 0 Å². The van der Waals surface area contributed by atoms with Crippen molar-refractivity contribution in [3.8, 4) is 33.9 Å². The largest absolute Gasteiger partial charge is 0.456 e. The van der Waals surface area contributed by atoms with Gasteiger partial charge in [0, 0.05) is 27.6 Å². The third-order valence-corrected chi connectivity index (χ3v) is 5.54. The fourth-order valence-electron chi connectivity index (χ4n) is 4.12. The van der Waals surface area contributed by atoms with Crippen LogP contribution in [0.3, 0.4) is 0 Å². The maximum absolute atomic E-state index is 6.06. The molecule has 0 amide bonds. The van der Waals surface area contributed by atoms with Crippen molar-refractivity contribution in [3.05, 3.63) is 102 Å². The van der Waals surface area contributed by atoms with E-state index >= 15 is 0 Å². The molecular weight excluding hydrogens is 368 g/mol. The fourth-order valence-corrected chi connectivity index (χ4v) is 4.12. The van der Waals surface area contributed by atoms with Gasteiger partial charge in [0.2, 0.25) is 0 Å². The molecule has 0 unspecified atom stereocenters. The maximum atomic E-state index is 6.06. The van der Waals surface area contributed by atoms with Crippen LogP contribution in [0, 0.1) is 0 Å². The molecule has 3 aromatic carbocycles. The molecule has 5 aromatic rings. The summed E-state index contributed by atoms with van der Waals surface area (Å²) in [5, 5.41) is 1.11. The summed E-state index contributed by atoms with van der Waals surface area (Å²) in [4.78, 5) is 9.96. The van der Waals surface area contributed by atoms with E-state index in [0.717, 1.165) is 57.1 Å². The van der Waals surface area contributed by atoms with E-state index in [1.54, 1.807) is 0 Å². The van der Waals surface area contributed by atoms with Gasteiger partial charge in [-0.3, -0.25) is 0 Å². The number of allylic oxidation sites excluding steroid dienone is 1. The highest BCUT2D eigenvalue weighted by molar-refractivity contribution is 5.98. The molecule has 1 aliphatic carbocycles. The first-order valence-corrected chi connectivity index (χ1v) is 10.1. The van der Waals surface area contributed by atoms with Gasteiger partial charge >= 0.3 is 0 Å². The number of hydrogen-bond acceptors (Lipinski definition) is 3. The van der Waals surface area contributed by atoms with Crippen LogP contribution in [0.4, 0.5) is 0 Å². The van der Waals surface area contributed by atoms with Crippen molar-refractivity contribution in [1.82, 2.24) is 9.97 Å². The van der Waals surface area contributed by atoms with Crippen molar-refractivity contribution in [2.24, 2.45) is 0 Å². The van der Waals surface area contributed by atoms with E-state index in [-0.39, 0.29) is 0 Å². The van der Waals surface area contributed by atoms with Gasteiger partial charge in [0.05, 0.1) is 11.4 Å². The Labute approximate surface area is 174 Å². The Morgan fingerprint density at radius 1 is 0.700 bits per heavy atom. The van der Waals surface area contributed by atoms with Crippen molar-refractivity contribution in [1.29, 1.82) is 0 Å². The van der Waals surface area contributed by atoms with Crippen LogP contribution in [0.1, 0.15) is 11.3 Å². The van der Waals surface area contributed by atoms with Crippen molar-refractivity contribution in [2.45, 2.75) is 6.42 Å². The number of aromatic nitrogens is 2. The van der Waals surface area contributed by atoms with Crippen LogP contribution in [0.25, 0.3) is 50.9 Å². The van der Waals surface area contributed by atoms with Crippen molar-refractivity contribution >= 4 is 17.0 Å². The third kappa shape index (κ3) is 2.75. The summed E-state index contributed by atoms with van der Waals surface area (Å²) in [5.41, 5.74) is 7.09. The minimum Gasteiger partial charge on any atom is -0.456 e. The molecule has 0 saturated heterocycles. The molecule has 0 bridgehead atoms. The molecule has 0 radical (unpaired) electrons. The summed E-state index contributed by atoms with van der Waals surface area (Å²) in [6.07, 6.45) is 5.07. The van der Waals surface area contributed by atoms with Crippen LogP contribution < -0.4 is 0 Å². The fraction of sp³-hybridized carbons (Fsp3) is 0.0370. The molecule has 6 rings (SSSR count). The van der Waals surface area contributed by atoms with E-state index in [0.29, 0.717) is 0 Å². The van der Waals surface area contributed by atoms with Gasteiger partial charge in [0.25, 0.3) is 0 Å². The molecule has 2 aromatic heterocycles. The Balaban J connectivity index is 1.62. The molecule has 0 fully saturated rings. The number of hydrogen-bond donors (Lipinski definition) is 0. The molecule has 3 heteroatoms. The molecule has 142 valence electrons. The molecule has 0 N–H and O–H groups in total. The topological polar surface area (TPSA) is 38.9 Å². The first-order valence-electron chi connectivity index (χ1n) is 10.1. The number of fused-ring (bicyclic) bond motifs is 3. The molecule has 0 aliphatic heterocycles. The van der Waals surface area contributed by atoms with E-state index in [4.69, 9.17) is 14.4 Å². The lowest BCUT2D eigenvalue weighted by atomic mass is 10.0. The zero-order valence-electron chi connectivity index (χ0n) is 16.2.